The van der Waals surface area contributed by atoms with Crippen LogP contribution in [0.2, 0.25) is 0 Å². The van der Waals surface area contributed by atoms with Gasteiger partial charge in [-0.25, -0.2) is 10.4 Å². The number of nitrogen functional groups attached to an aromatic ring is 1. The average molecular weight is 313 g/mol. The SMILES string of the molecule is CCc1nc(N)sc1C(=O)N/N=C\c1c[nH]c2ccccc12. The Bertz CT molecular complexity index is 849. The maximum absolute atomic E-state index is 12.1. The van der Waals surface area contributed by atoms with Gasteiger partial charge in [0.1, 0.15) is 4.88 Å². The summed E-state index contributed by atoms with van der Waals surface area (Å²) in [6, 6.07) is 7.90. The van der Waals surface area contributed by atoms with E-state index in [0.717, 1.165) is 16.5 Å². The van der Waals surface area contributed by atoms with Gasteiger partial charge in [0.2, 0.25) is 0 Å². The molecule has 0 saturated carbocycles. The highest BCUT2D eigenvalue weighted by atomic mass is 32.1. The van der Waals surface area contributed by atoms with Gasteiger partial charge in [0.15, 0.2) is 5.13 Å². The molecular formula is C15H15N5OS. The van der Waals surface area contributed by atoms with E-state index in [-0.39, 0.29) is 5.91 Å². The average Bonchev–Trinajstić information content (AvgIpc) is 3.11. The lowest BCUT2D eigenvalue weighted by atomic mass is 10.2. The van der Waals surface area contributed by atoms with Crippen LogP contribution in [0.5, 0.6) is 0 Å². The van der Waals surface area contributed by atoms with E-state index in [1.807, 2.05) is 37.4 Å². The Kier molecular flexibility index (Phi) is 3.88. The van der Waals surface area contributed by atoms with Crippen LogP contribution in [0.3, 0.4) is 0 Å². The van der Waals surface area contributed by atoms with Crippen molar-refractivity contribution in [2.75, 3.05) is 5.73 Å². The zero-order valence-corrected chi connectivity index (χ0v) is 12.8. The number of aromatic nitrogens is 2. The number of nitrogens with zero attached hydrogens (tertiary/aromatic N) is 2. The number of carbonyl (C=O) groups excluding carboxylic acids is 1. The fourth-order valence-corrected chi connectivity index (χ4v) is 3.01. The lowest BCUT2D eigenvalue weighted by Gasteiger charge is -1.98. The summed E-state index contributed by atoms with van der Waals surface area (Å²) in [7, 11) is 0. The fourth-order valence-electron chi connectivity index (χ4n) is 2.20. The number of benzene rings is 1. The molecule has 0 aliphatic heterocycles. The molecule has 2 aromatic heterocycles. The summed E-state index contributed by atoms with van der Waals surface area (Å²) in [5, 5.41) is 5.46. The van der Waals surface area contributed by atoms with Crippen LogP contribution in [0.4, 0.5) is 5.13 Å². The van der Waals surface area contributed by atoms with Crippen LogP contribution in [0.25, 0.3) is 10.9 Å². The Morgan fingerprint density at radius 3 is 3.14 bits per heavy atom. The molecule has 3 rings (SSSR count). The third-order valence-electron chi connectivity index (χ3n) is 3.25. The van der Waals surface area contributed by atoms with E-state index >= 15 is 0 Å². The smallest absolute Gasteiger partial charge is 0.283 e. The van der Waals surface area contributed by atoms with E-state index in [0.29, 0.717) is 22.1 Å². The van der Waals surface area contributed by atoms with Gasteiger partial charge in [-0.1, -0.05) is 36.5 Å². The Hall–Kier alpha value is -2.67. The summed E-state index contributed by atoms with van der Waals surface area (Å²) in [4.78, 5) is 19.9. The van der Waals surface area contributed by atoms with Crippen molar-refractivity contribution in [3.63, 3.8) is 0 Å². The van der Waals surface area contributed by atoms with Crippen LogP contribution in [0, 0.1) is 0 Å². The molecule has 0 aliphatic carbocycles. The first-order chi connectivity index (χ1) is 10.7. The Morgan fingerprint density at radius 2 is 2.32 bits per heavy atom. The number of rotatable bonds is 4. The van der Waals surface area contributed by atoms with Gasteiger partial charge in [0.25, 0.3) is 5.91 Å². The number of thiazole rings is 1. The number of fused-ring (bicyclic) bond motifs is 1. The standard InChI is InChI=1S/C15H15N5OS/c1-2-11-13(22-15(16)19-11)14(21)20-18-8-9-7-17-12-6-4-3-5-10(9)12/h3-8,17H,2H2,1H3,(H2,16,19)(H,20,21)/b18-8-. The Morgan fingerprint density at radius 1 is 1.50 bits per heavy atom. The molecule has 4 N–H and O–H groups in total. The summed E-state index contributed by atoms with van der Waals surface area (Å²) >= 11 is 1.17. The maximum Gasteiger partial charge on any atom is 0.283 e. The van der Waals surface area contributed by atoms with E-state index in [9.17, 15) is 4.79 Å². The van der Waals surface area contributed by atoms with E-state index in [1.165, 1.54) is 11.3 Å². The van der Waals surface area contributed by atoms with Gasteiger partial charge >= 0.3 is 0 Å². The van der Waals surface area contributed by atoms with Gasteiger partial charge in [0.05, 0.1) is 11.9 Å². The van der Waals surface area contributed by atoms with E-state index < -0.39 is 0 Å². The zero-order valence-electron chi connectivity index (χ0n) is 12.0. The molecule has 0 radical (unpaired) electrons. The number of aromatic amines is 1. The first kappa shape index (κ1) is 14.3. The largest absolute Gasteiger partial charge is 0.375 e. The zero-order chi connectivity index (χ0) is 15.5. The number of para-hydroxylation sites is 1. The monoisotopic (exact) mass is 313 g/mol. The molecular weight excluding hydrogens is 298 g/mol. The summed E-state index contributed by atoms with van der Waals surface area (Å²) in [5.41, 5.74) is 10.8. The predicted molar refractivity (Wildman–Crippen MR) is 89.3 cm³/mol. The quantitative estimate of drug-likeness (QED) is 0.510. The number of hydrazone groups is 1. The number of H-pyrrole nitrogens is 1. The predicted octanol–water partition coefficient (Wildman–Crippen LogP) is 2.53. The van der Waals surface area contributed by atoms with Crippen molar-refractivity contribution in [1.82, 2.24) is 15.4 Å². The molecule has 0 atom stereocenters. The van der Waals surface area contributed by atoms with E-state index in [2.05, 4.69) is 20.5 Å². The minimum atomic E-state index is -0.290. The van der Waals surface area contributed by atoms with Crippen molar-refractivity contribution in [1.29, 1.82) is 0 Å². The number of nitrogens with one attached hydrogen (secondary N) is 2. The van der Waals surface area contributed by atoms with Crippen LogP contribution in [0.15, 0.2) is 35.6 Å². The lowest BCUT2D eigenvalue weighted by Crippen LogP contribution is -2.17. The van der Waals surface area contributed by atoms with Crippen LogP contribution >= 0.6 is 11.3 Å². The number of aryl methyl sites for hydroxylation is 1. The minimum Gasteiger partial charge on any atom is -0.375 e. The number of anilines is 1. The highest BCUT2D eigenvalue weighted by molar-refractivity contribution is 7.17. The van der Waals surface area contributed by atoms with E-state index in [1.54, 1.807) is 6.21 Å². The Labute approximate surface area is 131 Å². The van der Waals surface area contributed by atoms with Crippen LogP contribution < -0.4 is 11.2 Å². The molecule has 0 spiro atoms. The number of hydrogen-bond donors (Lipinski definition) is 3. The summed E-state index contributed by atoms with van der Waals surface area (Å²) in [5.74, 6) is -0.290. The van der Waals surface area contributed by atoms with Crippen molar-refractivity contribution in [3.8, 4) is 0 Å². The van der Waals surface area contributed by atoms with Crippen molar-refractivity contribution in [3.05, 3.63) is 46.6 Å². The molecule has 7 heteroatoms. The van der Waals surface area contributed by atoms with Crippen molar-refractivity contribution >= 4 is 39.5 Å². The molecule has 0 unspecified atom stereocenters. The third kappa shape index (κ3) is 2.71. The van der Waals surface area contributed by atoms with Crippen molar-refractivity contribution in [2.45, 2.75) is 13.3 Å². The number of hydrogen-bond acceptors (Lipinski definition) is 5. The Balaban J connectivity index is 1.75. The van der Waals surface area contributed by atoms with Gasteiger partial charge in [-0.3, -0.25) is 4.79 Å². The summed E-state index contributed by atoms with van der Waals surface area (Å²) in [6.07, 6.45) is 4.12. The topological polar surface area (TPSA) is 96.2 Å². The fraction of sp³-hybridized carbons (Fsp3) is 0.133. The molecule has 1 amide bonds. The van der Waals surface area contributed by atoms with Crippen molar-refractivity contribution < 1.29 is 4.79 Å². The first-order valence-electron chi connectivity index (χ1n) is 6.83. The molecule has 112 valence electrons. The van der Waals surface area contributed by atoms with Crippen LogP contribution in [-0.4, -0.2) is 22.1 Å². The van der Waals surface area contributed by atoms with Gasteiger partial charge < -0.3 is 10.7 Å². The summed E-state index contributed by atoms with van der Waals surface area (Å²) < 4.78 is 0. The number of amides is 1. The molecule has 0 saturated heterocycles. The molecule has 2 heterocycles. The van der Waals surface area contributed by atoms with Gasteiger partial charge in [0, 0.05) is 22.7 Å². The van der Waals surface area contributed by atoms with Gasteiger partial charge in [-0.2, -0.15) is 5.10 Å². The minimum absolute atomic E-state index is 0.290. The second-order valence-electron chi connectivity index (χ2n) is 4.67. The van der Waals surface area contributed by atoms with Crippen molar-refractivity contribution in [2.24, 2.45) is 5.10 Å². The third-order valence-corrected chi connectivity index (χ3v) is 4.17. The molecule has 6 nitrogen and oxygen atoms in total. The first-order valence-corrected chi connectivity index (χ1v) is 7.65. The molecule has 1 aromatic carbocycles. The second-order valence-corrected chi connectivity index (χ2v) is 5.70. The molecule has 3 aromatic rings. The maximum atomic E-state index is 12.1. The number of carbonyl (C=O) groups is 1. The van der Waals surface area contributed by atoms with Crippen LogP contribution in [-0.2, 0) is 6.42 Å². The van der Waals surface area contributed by atoms with E-state index in [4.69, 9.17) is 5.73 Å². The van der Waals surface area contributed by atoms with Crippen LogP contribution in [0.1, 0.15) is 27.9 Å². The molecule has 22 heavy (non-hydrogen) atoms. The number of nitrogens with two attached hydrogens (primary N) is 1. The second kappa shape index (κ2) is 5.98. The highest BCUT2D eigenvalue weighted by Gasteiger charge is 2.15. The molecule has 0 fully saturated rings. The lowest BCUT2D eigenvalue weighted by molar-refractivity contribution is 0.0958. The highest BCUT2D eigenvalue weighted by Crippen LogP contribution is 2.20. The summed E-state index contributed by atoms with van der Waals surface area (Å²) in [6.45, 7) is 1.93. The van der Waals surface area contributed by atoms with Gasteiger partial charge in [-0.05, 0) is 12.5 Å². The molecule has 0 bridgehead atoms. The normalized spacial score (nSPS) is 11.3. The molecule has 0 aliphatic rings. The van der Waals surface area contributed by atoms with Gasteiger partial charge in [-0.15, -0.1) is 0 Å².